The number of rotatable bonds is 7. The Bertz CT molecular complexity index is 1060. The number of primary amides is 1. The van der Waals surface area contributed by atoms with Gasteiger partial charge in [0, 0.05) is 17.7 Å². The molecule has 10 nitrogen and oxygen atoms in total. The summed E-state index contributed by atoms with van der Waals surface area (Å²) < 4.78 is 11.1. The number of carbonyl (C=O) groups is 2. The number of carbonyl (C=O) groups excluding carboxylic acids is 2. The van der Waals surface area contributed by atoms with Gasteiger partial charge in [0.15, 0.2) is 11.5 Å². The van der Waals surface area contributed by atoms with Crippen molar-refractivity contribution < 1.29 is 19.1 Å². The van der Waals surface area contributed by atoms with Gasteiger partial charge in [0.05, 0.1) is 0 Å². The van der Waals surface area contributed by atoms with Crippen molar-refractivity contribution in [1.29, 1.82) is 0 Å². The van der Waals surface area contributed by atoms with Crippen LogP contribution in [0, 0.1) is 0 Å². The summed E-state index contributed by atoms with van der Waals surface area (Å²) in [5.41, 5.74) is 7.33. The first-order chi connectivity index (χ1) is 14.6. The van der Waals surface area contributed by atoms with Gasteiger partial charge in [-0.15, -0.1) is 10.2 Å². The van der Waals surface area contributed by atoms with Crippen molar-refractivity contribution >= 4 is 11.8 Å². The van der Waals surface area contributed by atoms with Crippen molar-refractivity contribution in [3.05, 3.63) is 53.6 Å². The summed E-state index contributed by atoms with van der Waals surface area (Å²) in [6, 6.07) is 12.3. The molecule has 30 heavy (non-hydrogen) atoms. The molecule has 1 aliphatic heterocycles. The number of nitrogens with two attached hydrogens (primary N) is 1. The Morgan fingerprint density at radius 3 is 2.60 bits per heavy atom. The Labute approximate surface area is 172 Å². The molecule has 0 aliphatic carbocycles. The molecule has 0 saturated carbocycles. The lowest BCUT2D eigenvalue weighted by atomic mass is 10.1. The van der Waals surface area contributed by atoms with Crippen molar-refractivity contribution in [1.82, 2.24) is 25.5 Å². The van der Waals surface area contributed by atoms with Crippen LogP contribution in [0.25, 0.3) is 11.4 Å². The number of nitrogens with one attached hydrogen (secondary N) is 1. The minimum Gasteiger partial charge on any atom is -0.486 e. The van der Waals surface area contributed by atoms with Crippen LogP contribution in [0.1, 0.15) is 15.9 Å². The van der Waals surface area contributed by atoms with E-state index >= 15 is 0 Å². The summed E-state index contributed by atoms with van der Waals surface area (Å²) in [6.07, 6.45) is 0.657. The number of ether oxygens (including phenoxy) is 2. The third-order valence-electron chi connectivity index (χ3n) is 4.51. The highest BCUT2D eigenvalue weighted by Crippen LogP contribution is 2.30. The number of fused-ring (bicyclic) bond motifs is 1. The number of hydrogen-bond donors (Lipinski definition) is 2. The van der Waals surface area contributed by atoms with Crippen molar-refractivity contribution in [2.24, 2.45) is 5.73 Å². The highest BCUT2D eigenvalue weighted by atomic mass is 16.6. The van der Waals surface area contributed by atoms with E-state index in [9.17, 15) is 9.59 Å². The molecule has 0 unspecified atom stereocenters. The topological polar surface area (TPSA) is 134 Å². The van der Waals surface area contributed by atoms with Crippen molar-refractivity contribution in [3.63, 3.8) is 0 Å². The van der Waals surface area contributed by atoms with Gasteiger partial charge in [0.1, 0.15) is 19.8 Å². The van der Waals surface area contributed by atoms with Gasteiger partial charge in [-0.2, -0.15) is 4.80 Å². The molecule has 1 aliphatic rings. The number of tetrazole rings is 1. The lowest BCUT2D eigenvalue weighted by Crippen LogP contribution is -2.30. The standard InChI is InChI=1S/C20H20N6O4/c21-19(28)14-2-4-15(5-3-14)20-23-25-26(24-20)12-18(27)22-8-7-13-1-6-16-17(11-13)30-10-9-29-16/h1-6,11H,7-10,12H2,(H2,21,28)(H,22,27). The lowest BCUT2D eigenvalue weighted by Gasteiger charge is -2.18. The van der Waals surface area contributed by atoms with Crippen LogP contribution in [0.5, 0.6) is 11.5 Å². The molecule has 3 aromatic rings. The van der Waals surface area contributed by atoms with Crippen LogP contribution < -0.4 is 20.5 Å². The molecule has 0 atom stereocenters. The molecule has 3 N–H and O–H groups in total. The summed E-state index contributed by atoms with van der Waals surface area (Å²) in [4.78, 5) is 24.5. The third-order valence-corrected chi connectivity index (χ3v) is 4.51. The fourth-order valence-corrected chi connectivity index (χ4v) is 2.98. The number of nitrogens with zero attached hydrogens (tertiary/aromatic N) is 4. The second kappa shape index (κ2) is 8.60. The Hall–Kier alpha value is -3.95. The van der Waals surface area contributed by atoms with Crippen LogP contribution in [0.2, 0.25) is 0 Å². The van der Waals surface area contributed by atoms with Gasteiger partial charge in [-0.1, -0.05) is 18.2 Å². The Balaban J connectivity index is 1.28. The molecule has 154 valence electrons. The predicted molar refractivity (Wildman–Crippen MR) is 106 cm³/mol. The minimum atomic E-state index is -0.508. The summed E-state index contributed by atoms with van der Waals surface area (Å²) in [5, 5.41) is 14.9. The van der Waals surface area contributed by atoms with E-state index in [1.807, 2.05) is 18.2 Å². The number of amides is 2. The van der Waals surface area contributed by atoms with E-state index in [-0.39, 0.29) is 12.5 Å². The summed E-state index contributed by atoms with van der Waals surface area (Å²) in [7, 11) is 0. The summed E-state index contributed by atoms with van der Waals surface area (Å²) >= 11 is 0. The van der Waals surface area contributed by atoms with E-state index in [0.717, 1.165) is 17.1 Å². The number of aromatic nitrogens is 4. The van der Waals surface area contributed by atoms with Gasteiger partial charge in [-0.3, -0.25) is 9.59 Å². The van der Waals surface area contributed by atoms with Gasteiger partial charge in [-0.05, 0) is 41.5 Å². The minimum absolute atomic E-state index is 0.0481. The molecular weight excluding hydrogens is 388 g/mol. The normalized spacial score (nSPS) is 12.4. The SMILES string of the molecule is NC(=O)c1ccc(-c2nnn(CC(=O)NCCc3ccc4c(c3)OCCO4)n2)cc1. The molecule has 1 aromatic heterocycles. The molecule has 10 heteroatoms. The monoisotopic (exact) mass is 408 g/mol. The Morgan fingerprint density at radius 1 is 1.07 bits per heavy atom. The number of benzene rings is 2. The third kappa shape index (κ3) is 4.54. The quantitative estimate of drug-likeness (QED) is 0.584. The van der Waals surface area contributed by atoms with E-state index < -0.39 is 5.91 Å². The average Bonchev–Trinajstić information content (AvgIpc) is 3.22. The highest BCUT2D eigenvalue weighted by molar-refractivity contribution is 5.93. The molecule has 2 aromatic carbocycles. The lowest BCUT2D eigenvalue weighted by molar-refractivity contribution is -0.122. The molecular formula is C20H20N6O4. The predicted octanol–water partition coefficient (Wildman–Crippen LogP) is 0.569. The fourth-order valence-electron chi connectivity index (χ4n) is 2.98. The average molecular weight is 408 g/mol. The van der Waals surface area contributed by atoms with Gasteiger partial charge < -0.3 is 20.5 Å². The molecule has 2 heterocycles. The fraction of sp³-hybridized carbons (Fsp3) is 0.250. The largest absolute Gasteiger partial charge is 0.486 e. The van der Waals surface area contributed by atoms with E-state index in [4.69, 9.17) is 15.2 Å². The van der Waals surface area contributed by atoms with E-state index in [0.29, 0.717) is 43.1 Å². The molecule has 4 rings (SSSR count). The number of hydrogen-bond acceptors (Lipinski definition) is 7. The second-order valence-corrected chi connectivity index (χ2v) is 6.66. The van der Waals surface area contributed by atoms with Crippen LogP contribution in [0.4, 0.5) is 0 Å². The maximum atomic E-state index is 12.2. The first-order valence-electron chi connectivity index (χ1n) is 9.42. The summed E-state index contributed by atoms with van der Waals surface area (Å²) in [6.45, 7) is 1.51. The molecule has 0 bridgehead atoms. The van der Waals surface area contributed by atoms with E-state index in [1.54, 1.807) is 24.3 Å². The van der Waals surface area contributed by atoms with E-state index in [1.165, 1.54) is 4.80 Å². The molecule has 2 amide bonds. The van der Waals surface area contributed by atoms with Crippen LogP contribution >= 0.6 is 0 Å². The zero-order valence-corrected chi connectivity index (χ0v) is 16.1. The molecule has 0 spiro atoms. The molecule has 0 saturated heterocycles. The highest BCUT2D eigenvalue weighted by Gasteiger charge is 2.13. The van der Waals surface area contributed by atoms with Crippen LogP contribution in [0.3, 0.4) is 0 Å². The zero-order valence-electron chi connectivity index (χ0n) is 16.1. The summed E-state index contributed by atoms with van der Waals surface area (Å²) in [5.74, 6) is 1.10. The van der Waals surface area contributed by atoms with Crippen LogP contribution in [0.15, 0.2) is 42.5 Å². The smallest absolute Gasteiger partial charge is 0.248 e. The van der Waals surface area contributed by atoms with Gasteiger partial charge in [0.25, 0.3) is 0 Å². The second-order valence-electron chi connectivity index (χ2n) is 6.66. The first kappa shape index (κ1) is 19.4. The van der Waals surface area contributed by atoms with E-state index in [2.05, 4.69) is 20.7 Å². The molecule has 0 fully saturated rings. The maximum Gasteiger partial charge on any atom is 0.248 e. The van der Waals surface area contributed by atoms with Crippen molar-refractivity contribution in [2.45, 2.75) is 13.0 Å². The van der Waals surface area contributed by atoms with Gasteiger partial charge >= 0.3 is 0 Å². The Morgan fingerprint density at radius 2 is 1.83 bits per heavy atom. The van der Waals surface area contributed by atoms with Crippen LogP contribution in [-0.4, -0.2) is 51.8 Å². The first-order valence-corrected chi connectivity index (χ1v) is 9.42. The van der Waals surface area contributed by atoms with Gasteiger partial charge in [-0.25, -0.2) is 0 Å². The molecule has 0 radical (unpaired) electrons. The van der Waals surface area contributed by atoms with Crippen molar-refractivity contribution in [2.75, 3.05) is 19.8 Å². The van der Waals surface area contributed by atoms with Crippen LogP contribution in [-0.2, 0) is 17.8 Å². The van der Waals surface area contributed by atoms with Crippen molar-refractivity contribution in [3.8, 4) is 22.9 Å². The zero-order chi connectivity index (χ0) is 20.9. The van der Waals surface area contributed by atoms with Gasteiger partial charge in [0.2, 0.25) is 17.6 Å². The maximum absolute atomic E-state index is 12.2. The Kier molecular flexibility index (Phi) is 5.55.